The molecule has 0 unspecified atom stereocenters. The molecular formula is C70H89BrF6N6O4. The molecule has 0 saturated heterocycles. The van der Waals surface area contributed by atoms with Crippen LogP contribution in [0.3, 0.4) is 0 Å². The summed E-state index contributed by atoms with van der Waals surface area (Å²) in [5.74, 6) is -0.476. The summed E-state index contributed by atoms with van der Waals surface area (Å²) in [6.45, 7) is 20.8. The van der Waals surface area contributed by atoms with Gasteiger partial charge in [0.1, 0.15) is 18.5 Å². The number of nitrogens with one attached hydrogen (secondary N) is 1. The van der Waals surface area contributed by atoms with Crippen molar-refractivity contribution in [2.45, 2.75) is 131 Å². The Kier molecular flexibility index (Phi) is 35.6. The fourth-order valence-electron chi connectivity index (χ4n) is 9.18. The molecule has 0 fully saturated rings. The van der Waals surface area contributed by atoms with E-state index in [2.05, 4.69) is 97.9 Å². The molecule has 472 valence electrons. The first-order chi connectivity index (χ1) is 42.0. The maximum absolute atomic E-state index is 12.8. The molecule has 87 heavy (non-hydrogen) atoms. The normalized spacial score (nSPS) is 11.7. The monoisotopic (exact) mass is 1270 g/mol. The first-order valence-electron chi connectivity index (χ1n) is 30.3. The summed E-state index contributed by atoms with van der Waals surface area (Å²) in [5, 5.41) is 3.76. The van der Waals surface area contributed by atoms with Gasteiger partial charge in [0, 0.05) is 25.5 Å². The van der Waals surface area contributed by atoms with Crippen LogP contribution in [0.1, 0.15) is 135 Å². The van der Waals surface area contributed by atoms with Crippen molar-refractivity contribution in [1.29, 1.82) is 0 Å². The lowest BCUT2D eigenvalue weighted by Crippen LogP contribution is -2.32. The Morgan fingerprint density at radius 1 is 0.460 bits per heavy atom. The highest BCUT2D eigenvalue weighted by Gasteiger charge is 2.30. The van der Waals surface area contributed by atoms with E-state index in [0.717, 1.165) is 117 Å². The van der Waals surface area contributed by atoms with Crippen LogP contribution in [0.25, 0.3) is 0 Å². The van der Waals surface area contributed by atoms with Gasteiger partial charge in [0.05, 0.1) is 30.8 Å². The van der Waals surface area contributed by atoms with Crippen molar-refractivity contribution in [3.8, 4) is 0 Å². The van der Waals surface area contributed by atoms with E-state index >= 15 is 0 Å². The molecule has 0 bridgehead atoms. The highest BCUT2D eigenvalue weighted by molar-refractivity contribution is 9.09. The third kappa shape index (κ3) is 32.3. The van der Waals surface area contributed by atoms with Crippen LogP contribution < -0.4 is 5.32 Å². The third-order valence-corrected chi connectivity index (χ3v) is 14.1. The second-order valence-corrected chi connectivity index (χ2v) is 21.8. The van der Waals surface area contributed by atoms with Crippen LogP contribution in [0.5, 0.6) is 0 Å². The van der Waals surface area contributed by atoms with E-state index in [9.17, 15) is 35.9 Å². The van der Waals surface area contributed by atoms with Crippen LogP contribution in [0.15, 0.2) is 168 Å². The quantitative estimate of drug-likeness (QED) is 0.0138. The van der Waals surface area contributed by atoms with Crippen molar-refractivity contribution in [2.24, 2.45) is 9.98 Å². The number of benzene rings is 6. The summed E-state index contributed by atoms with van der Waals surface area (Å²) in [4.78, 5) is 39.4. The Balaban J connectivity index is 0.000000321. The topological polar surface area (TPSA) is 99.1 Å². The van der Waals surface area contributed by atoms with E-state index in [4.69, 9.17) is 9.47 Å². The molecule has 0 aliphatic rings. The number of nitrogens with zero attached hydrogens (tertiary/aromatic N) is 5. The number of esters is 2. The molecule has 0 spiro atoms. The lowest BCUT2D eigenvalue weighted by Gasteiger charge is -2.24. The van der Waals surface area contributed by atoms with E-state index in [1.807, 2.05) is 84.9 Å². The second kappa shape index (κ2) is 42.4. The molecule has 0 saturated carbocycles. The van der Waals surface area contributed by atoms with Crippen molar-refractivity contribution in [3.05, 3.63) is 213 Å². The minimum absolute atomic E-state index is 0.222. The van der Waals surface area contributed by atoms with Crippen molar-refractivity contribution < 1.29 is 45.4 Å². The van der Waals surface area contributed by atoms with Gasteiger partial charge >= 0.3 is 24.3 Å². The molecular weight excluding hydrogens is 1180 g/mol. The van der Waals surface area contributed by atoms with Crippen LogP contribution in [0.4, 0.5) is 26.3 Å². The van der Waals surface area contributed by atoms with Crippen LogP contribution in [-0.4, -0.2) is 103 Å². The average Bonchev–Trinajstić information content (AvgIpc) is 3.67. The summed E-state index contributed by atoms with van der Waals surface area (Å²) >= 11 is 3.01. The van der Waals surface area contributed by atoms with Crippen molar-refractivity contribution >= 4 is 40.3 Å². The number of hydrogen-bond acceptors (Lipinski definition) is 10. The number of halogens is 7. The van der Waals surface area contributed by atoms with Gasteiger partial charge in [-0.05, 0) is 172 Å². The predicted octanol–water partition coefficient (Wildman–Crippen LogP) is 16.2. The number of aliphatic imine (C=N–C) groups is 2. The van der Waals surface area contributed by atoms with Gasteiger partial charge in [-0.2, -0.15) is 26.3 Å². The first kappa shape index (κ1) is 73.0. The molecule has 0 atom stereocenters. The number of rotatable bonds is 35. The lowest BCUT2D eigenvalue weighted by atomic mass is 10.1. The van der Waals surface area contributed by atoms with Gasteiger partial charge in [-0.15, -0.1) is 0 Å². The maximum atomic E-state index is 12.8. The zero-order valence-corrected chi connectivity index (χ0v) is 52.7. The van der Waals surface area contributed by atoms with E-state index < -0.39 is 23.5 Å². The van der Waals surface area contributed by atoms with Gasteiger partial charge < -0.3 is 24.6 Å². The second-order valence-electron chi connectivity index (χ2n) is 21.2. The molecule has 0 aliphatic carbocycles. The summed E-state index contributed by atoms with van der Waals surface area (Å²) < 4.78 is 86.5. The summed E-state index contributed by atoms with van der Waals surface area (Å²) in [6.07, 6.45) is 3.74. The van der Waals surface area contributed by atoms with Gasteiger partial charge in [0.25, 0.3) is 0 Å². The zero-order chi connectivity index (χ0) is 63.0. The van der Waals surface area contributed by atoms with Crippen molar-refractivity contribution in [2.75, 3.05) is 64.2 Å². The maximum Gasteiger partial charge on any atom is 0.416 e. The molecule has 0 aliphatic heterocycles. The van der Waals surface area contributed by atoms with Crippen molar-refractivity contribution in [3.63, 3.8) is 0 Å². The number of carbonyl (C=O) groups excluding carboxylic acids is 2. The van der Waals surface area contributed by atoms with Gasteiger partial charge in [-0.3, -0.25) is 24.5 Å². The van der Waals surface area contributed by atoms with E-state index in [-0.39, 0.29) is 30.4 Å². The van der Waals surface area contributed by atoms with Gasteiger partial charge in [0.15, 0.2) is 0 Å². The number of ether oxygens (including phenoxy) is 2. The molecule has 10 nitrogen and oxygen atoms in total. The van der Waals surface area contributed by atoms with Crippen molar-refractivity contribution in [1.82, 2.24) is 20.0 Å². The van der Waals surface area contributed by atoms with Crippen LogP contribution in [0.2, 0.25) is 0 Å². The highest BCUT2D eigenvalue weighted by Crippen LogP contribution is 2.30. The molecule has 17 heteroatoms. The Morgan fingerprint density at radius 2 is 0.839 bits per heavy atom. The molecule has 0 heterocycles. The minimum Gasteiger partial charge on any atom is -0.460 e. The lowest BCUT2D eigenvalue weighted by molar-refractivity contribution is -0.146. The van der Waals surface area contributed by atoms with Gasteiger partial charge in [0.2, 0.25) is 0 Å². The summed E-state index contributed by atoms with van der Waals surface area (Å²) in [6, 6.07) is 45.6. The third-order valence-electron chi connectivity index (χ3n) is 13.7. The van der Waals surface area contributed by atoms with Crippen LogP contribution in [0, 0.1) is 0 Å². The first-order valence-corrected chi connectivity index (χ1v) is 31.5. The molecule has 1 N–H and O–H groups in total. The summed E-state index contributed by atoms with van der Waals surface area (Å²) in [7, 11) is 0. The standard InChI is InChI=1S/C35H44F3N3O2.C26H36F3N3.C9H9BrO2/c1-3-20-40(21-4-2)22-8-9-23-41(27-34(42)43-28-32-10-6-5-7-11-32)26-31-14-12-29(13-15-31)24-39-25-30-16-18-33(19-17-30)35(36,37)38;1-3-16-32(17-4-2)18-6-5-15-30-19-22-7-9-23(10-8-22)20-31-21-24-11-13-25(14-12-24)26(27,28)29;10-6-9(11)12-7-8-4-2-1-3-5-8/h5-7,10-19,25H,3-4,8-9,20-24,26-28H2,1-2H3;7-14,21,30H,3-6,15-20H2,1-2H3;1-5H,6-7H2. The number of alkyl halides is 7. The Labute approximate surface area is 521 Å². The van der Waals surface area contributed by atoms with E-state index in [0.29, 0.717) is 37.4 Å². The fraction of sp³-hybridized carbons (Fsp3) is 0.429. The highest BCUT2D eigenvalue weighted by atomic mass is 79.9. The fourth-order valence-corrected chi connectivity index (χ4v) is 9.34. The van der Waals surface area contributed by atoms with Gasteiger partial charge in [-0.1, -0.05) is 177 Å². The average molecular weight is 1270 g/mol. The Hall–Kier alpha value is -6.50. The van der Waals surface area contributed by atoms with E-state index in [1.54, 1.807) is 12.4 Å². The Bertz CT molecular complexity index is 2810. The minimum atomic E-state index is -4.35. The number of hydrogen-bond donors (Lipinski definition) is 1. The largest absolute Gasteiger partial charge is 0.460 e. The molecule has 6 rings (SSSR count). The number of unbranched alkanes of at least 4 members (excludes halogenated alkanes) is 2. The zero-order valence-electron chi connectivity index (χ0n) is 51.2. The predicted molar refractivity (Wildman–Crippen MR) is 344 cm³/mol. The molecule has 6 aromatic rings. The Morgan fingerprint density at radius 3 is 1.24 bits per heavy atom. The van der Waals surface area contributed by atoms with E-state index in [1.165, 1.54) is 75.1 Å². The smallest absolute Gasteiger partial charge is 0.416 e. The van der Waals surface area contributed by atoms with Crippen LogP contribution >= 0.6 is 15.9 Å². The molecule has 0 amide bonds. The molecule has 6 aromatic carbocycles. The van der Waals surface area contributed by atoms with Crippen LogP contribution in [-0.2, 0) is 70.8 Å². The number of carbonyl (C=O) groups is 2. The molecule has 0 radical (unpaired) electrons. The summed E-state index contributed by atoms with van der Waals surface area (Å²) in [5.41, 5.74) is 6.32. The molecule has 0 aromatic heterocycles. The van der Waals surface area contributed by atoms with Gasteiger partial charge in [-0.25, -0.2) is 0 Å². The SMILES string of the molecule is CCCN(CCC)CCCCN(CC(=O)OCc1ccccc1)Cc1ccc(CN=Cc2ccc(C(F)(F)F)cc2)cc1.CCCN(CCC)CCCCNCc1ccc(CN=Cc2ccc(C(F)(F)F)cc2)cc1.O=C(CBr)OCc1ccccc1.